The van der Waals surface area contributed by atoms with Gasteiger partial charge in [0.15, 0.2) is 0 Å². The number of hydrogen-bond acceptors (Lipinski definition) is 6. The van der Waals surface area contributed by atoms with E-state index in [1.807, 2.05) is 6.07 Å². The first kappa shape index (κ1) is 14.9. The molecule has 21 heavy (non-hydrogen) atoms. The smallest absolute Gasteiger partial charge is 0.306 e. The third-order valence-corrected chi connectivity index (χ3v) is 3.77. The molecule has 1 aliphatic heterocycles. The molecule has 1 aromatic rings. The number of nitrogens with one attached hydrogen (secondary N) is 2. The summed E-state index contributed by atoms with van der Waals surface area (Å²) >= 11 is 1.19. The van der Waals surface area contributed by atoms with Gasteiger partial charge in [0.2, 0.25) is 0 Å². The molecule has 108 valence electrons. The summed E-state index contributed by atoms with van der Waals surface area (Å²) in [6.07, 6.45) is 0.199. The van der Waals surface area contributed by atoms with Crippen molar-refractivity contribution < 1.29 is 14.3 Å². The van der Waals surface area contributed by atoms with Crippen molar-refractivity contribution in [2.24, 2.45) is 0 Å². The van der Waals surface area contributed by atoms with Crippen molar-refractivity contribution >= 4 is 29.3 Å². The van der Waals surface area contributed by atoms with Gasteiger partial charge in [0, 0.05) is 5.75 Å². The summed E-state index contributed by atoms with van der Waals surface area (Å²) < 4.78 is 4.54. The van der Waals surface area contributed by atoms with Crippen LogP contribution in [0.15, 0.2) is 35.0 Å². The number of anilines is 1. The monoisotopic (exact) mass is 303 g/mol. The van der Waals surface area contributed by atoms with Gasteiger partial charge < -0.3 is 15.4 Å². The quantitative estimate of drug-likeness (QED) is 0.651. The number of rotatable bonds is 4. The number of carbonyl (C=O) groups excluding carboxylic acids is 2. The Bertz CT molecular complexity index is 649. The minimum absolute atomic E-state index is 0.199. The van der Waals surface area contributed by atoms with Gasteiger partial charge in [0.05, 0.1) is 24.8 Å². The lowest BCUT2D eigenvalue weighted by molar-refractivity contribution is -0.140. The van der Waals surface area contributed by atoms with Crippen molar-refractivity contribution in [2.75, 3.05) is 18.2 Å². The number of carbonyl (C=O) groups is 2. The minimum Gasteiger partial charge on any atom is -0.469 e. The van der Waals surface area contributed by atoms with Crippen LogP contribution in [-0.2, 0) is 9.53 Å². The van der Waals surface area contributed by atoms with Crippen LogP contribution in [0.1, 0.15) is 16.8 Å². The number of esters is 1. The molecule has 1 heterocycles. The van der Waals surface area contributed by atoms with Crippen molar-refractivity contribution in [3.63, 3.8) is 0 Å². The standard InChI is InChI=1S/C14H13N3O3S/c1-20-12(18)6-7-21-11(8-15)13-16-10-5-3-2-4-9(10)14(19)17-13/h2-5,16H,6-7H2,1H3,(H,17,19)/b13-11+. The lowest BCUT2D eigenvalue weighted by Gasteiger charge is -2.22. The third-order valence-electron chi connectivity index (χ3n) is 2.78. The van der Waals surface area contributed by atoms with E-state index in [9.17, 15) is 14.9 Å². The Balaban J connectivity index is 2.13. The van der Waals surface area contributed by atoms with Crippen molar-refractivity contribution in [3.05, 3.63) is 40.6 Å². The first-order valence-corrected chi connectivity index (χ1v) is 7.15. The van der Waals surface area contributed by atoms with Crippen LogP contribution in [0, 0.1) is 11.3 Å². The molecule has 1 aromatic carbocycles. The molecule has 2 rings (SSSR count). The van der Waals surface area contributed by atoms with Crippen LogP contribution < -0.4 is 10.6 Å². The first-order valence-electron chi connectivity index (χ1n) is 6.17. The molecular formula is C14H13N3O3S. The normalized spacial score (nSPS) is 15.1. The van der Waals surface area contributed by atoms with Crippen LogP contribution in [0.25, 0.3) is 0 Å². The summed E-state index contributed by atoms with van der Waals surface area (Å²) in [6.45, 7) is 0. The molecule has 0 fully saturated rings. The number of allylic oxidation sites excluding steroid dienone is 1. The molecule has 1 aliphatic rings. The molecule has 0 unspecified atom stereocenters. The molecule has 0 saturated heterocycles. The number of amides is 1. The Hall–Kier alpha value is -2.46. The van der Waals surface area contributed by atoms with E-state index in [0.29, 0.717) is 27.7 Å². The number of nitrogens with zero attached hydrogens (tertiary/aromatic N) is 1. The van der Waals surface area contributed by atoms with Crippen LogP contribution in [-0.4, -0.2) is 24.7 Å². The van der Waals surface area contributed by atoms with Gasteiger partial charge in [-0.2, -0.15) is 5.26 Å². The molecule has 0 saturated carbocycles. The summed E-state index contributed by atoms with van der Waals surface area (Å²) in [5, 5.41) is 14.9. The summed E-state index contributed by atoms with van der Waals surface area (Å²) in [6, 6.07) is 9.07. The lowest BCUT2D eigenvalue weighted by Crippen LogP contribution is -2.33. The number of para-hydroxylation sites is 1. The van der Waals surface area contributed by atoms with Crippen molar-refractivity contribution in [2.45, 2.75) is 6.42 Å². The average molecular weight is 303 g/mol. The van der Waals surface area contributed by atoms with Crippen molar-refractivity contribution in [3.8, 4) is 6.07 Å². The maximum absolute atomic E-state index is 12.0. The maximum Gasteiger partial charge on any atom is 0.306 e. The highest BCUT2D eigenvalue weighted by Gasteiger charge is 2.21. The molecule has 7 heteroatoms. The van der Waals surface area contributed by atoms with Gasteiger partial charge in [-0.15, -0.1) is 11.8 Å². The van der Waals surface area contributed by atoms with Gasteiger partial charge in [-0.05, 0) is 12.1 Å². The van der Waals surface area contributed by atoms with E-state index in [0.717, 1.165) is 0 Å². The van der Waals surface area contributed by atoms with E-state index < -0.39 is 0 Å². The molecule has 0 aliphatic carbocycles. The zero-order valence-corrected chi connectivity index (χ0v) is 12.1. The first-order chi connectivity index (χ1) is 10.2. The van der Waals surface area contributed by atoms with E-state index in [1.54, 1.807) is 24.3 Å². The fraction of sp³-hybridized carbons (Fsp3) is 0.214. The largest absolute Gasteiger partial charge is 0.469 e. The van der Waals surface area contributed by atoms with Crippen LogP contribution in [0.3, 0.4) is 0 Å². The van der Waals surface area contributed by atoms with Crippen molar-refractivity contribution in [1.29, 1.82) is 5.26 Å². The molecule has 0 radical (unpaired) electrons. The summed E-state index contributed by atoms with van der Waals surface area (Å²) in [4.78, 5) is 23.3. The molecule has 0 bridgehead atoms. The van der Waals surface area contributed by atoms with Gasteiger partial charge >= 0.3 is 5.97 Å². The molecule has 0 atom stereocenters. The zero-order chi connectivity index (χ0) is 15.2. The van der Waals surface area contributed by atoms with Gasteiger partial charge in [-0.25, -0.2) is 0 Å². The second kappa shape index (κ2) is 6.81. The number of hydrogen-bond donors (Lipinski definition) is 2. The molecule has 2 N–H and O–H groups in total. The van der Waals surface area contributed by atoms with E-state index in [1.165, 1.54) is 18.9 Å². The Labute approximate surface area is 126 Å². The van der Waals surface area contributed by atoms with Gasteiger partial charge in [0.25, 0.3) is 5.91 Å². The van der Waals surface area contributed by atoms with E-state index in [4.69, 9.17) is 0 Å². The Morgan fingerprint density at radius 2 is 2.14 bits per heavy atom. The number of ether oxygens (including phenoxy) is 1. The molecule has 0 spiro atoms. The minimum atomic E-state index is -0.337. The SMILES string of the molecule is COC(=O)CCS/C(C#N)=C1/NC(=O)c2ccccc2N1. The fourth-order valence-electron chi connectivity index (χ4n) is 1.75. The van der Waals surface area contributed by atoms with E-state index >= 15 is 0 Å². The van der Waals surface area contributed by atoms with Crippen molar-refractivity contribution in [1.82, 2.24) is 5.32 Å². The Kier molecular flexibility index (Phi) is 4.85. The van der Waals surface area contributed by atoms with Crippen LogP contribution in [0.5, 0.6) is 0 Å². The number of methoxy groups -OCH3 is 1. The fourth-order valence-corrected chi connectivity index (χ4v) is 2.53. The summed E-state index contributed by atoms with van der Waals surface area (Å²) in [5.41, 5.74) is 1.18. The molecule has 0 aromatic heterocycles. The number of fused-ring (bicyclic) bond motifs is 1. The van der Waals surface area contributed by atoms with Crippen LogP contribution >= 0.6 is 11.8 Å². The van der Waals surface area contributed by atoms with Gasteiger partial charge in [-0.1, -0.05) is 12.1 Å². The Morgan fingerprint density at radius 3 is 2.86 bits per heavy atom. The summed E-state index contributed by atoms with van der Waals surface area (Å²) in [7, 11) is 1.32. The average Bonchev–Trinajstić information content (AvgIpc) is 2.51. The predicted octanol–water partition coefficient (Wildman–Crippen LogP) is 1.83. The third kappa shape index (κ3) is 3.55. The highest BCUT2D eigenvalue weighted by molar-refractivity contribution is 8.03. The zero-order valence-electron chi connectivity index (χ0n) is 11.3. The molecular weight excluding hydrogens is 290 g/mol. The molecule has 1 amide bonds. The summed E-state index contributed by atoms with van der Waals surface area (Å²) in [5.74, 6) is 0.144. The topological polar surface area (TPSA) is 91.2 Å². The van der Waals surface area contributed by atoms with Gasteiger partial charge in [0.1, 0.15) is 16.8 Å². The van der Waals surface area contributed by atoms with E-state index in [-0.39, 0.29) is 18.3 Å². The highest BCUT2D eigenvalue weighted by Crippen LogP contribution is 2.26. The highest BCUT2D eigenvalue weighted by atomic mass is 32.2. The number of benzene rings is 1. The van der Waals surface area contributed by atoms with Crippen LogP contribution in [0.4, 0.5) is 5.69 Å². The van der Waals surface area contributed by atoms with E-state index in [2.05, 4.69) is 15.4 Å². The lowest BCUT2D eigenvalue weighted by atomic mass is 10.1. The van der Waals surface area contributed by atoms with Gasteiger partial charge in [-0.3, -0.25) is 9.59 Å². The number of thioether (sulfide) groups is 1. The molecule has 6 nitrogen and oxygen atoms in total. The second-order valence-electron chi connectivity index (χ2n) is 4.12. The Morgan fingerprint density at radius 1 is 1.38 bits per heavy atom. The van der Waals surface area contributed by atoms with Crippen LogP contribution in [0.2, 0.25) is 0 Å². The second-order valence-corrected chi connectivity index (χ2v) is 5.22. The maximum atomic E-state index is 12.0. The number of nitriles is 1. The predicted molar refractivity (Wildman–Crippen MR) is 79.3 cm³/mol.